The molecule has 3 nitrogen and oxygen atoms in total. The number of methoxy groups -OCH3 is 1. The first-order chi connectivity index (χ1) is 11.5. The smallest absolute Gasteiger partial charge is 0.0891 e. The third kappa shape index (κ3) is 10.1. The van der Waals surface area contributed by atoms with Crippen molar-refractivity contribution in [3.8, 4) is 0 Å². The molecule has 2 rings (SSSR count). The molecule has 1 fully saturated rings. The van der Waals surface area contributed by atoms with Gasteiger partial charge in [0.15, 0.2) is 0 Å². The highest BCUT2D eigenvalue weighted by Gasteiger charge is 2.07. The van der Waals surface area contributed by atoms with E-state index < -0.39 is 0 Å². The van der Waals surface area contributed by atoms with Crippen molar-refractivity contribution in [2.75, 3.05) is 13.7 Å². The van der Waals surface area contributed by atoms with Crippen LogP contribution in [0.4, 0.5) is 0 Å². The number of nitrogens with two attached hydrogens (primary N) is 1. The fourth-order valence-corrected chi connectivity index (χ4v) is 2.50. The zero-order chi connectivity index (χ0) is 18.4. The molecule has 0 atom stereocenters. The van der Waals surface area contributed by atoms with Gasteiger partial charge in [-0.25, -0.2) is 0 Å². The van der Waals surface area contributed by atoms with E-state index in [0.717, 1.165) is 31.4 Å². The van der Waals surface area contributed by atoms with Gasteiger partial charge in [0.2, 0.25) is 0 Å². The van der Waals surface area contributed by atoms with Gasteiger partial charge in [-0.3, -0.25) is 0 Å². The Kier molecular flexibility index (Phi) is 12.7. The highest BCUT2D eigenvalue weighted by Crippen LogP contribution is 2.27. The maximum absolute atomic E-state index is 8.96. The molecule has 0 bridgehead atoms. The van der Waals surface area contributed by atoms with Crippen LogP contribution in [0.1, 0.15) is 59.3 Å². The Balaban J connectivity index is 0.000000405. The van der Waals surface area contributed by atoms with Gasteiger partial charge in [0, 0.05) is 12.8 Å². The summed E-state index contributed by atoms with van der Waals surface area (Å²) in [6.07, 6.45) is 14.7. The molecule has 1 saturated carbocycles. The van der Waals surface area contributed by atoms with Gasteiger partial charge in [-0.2, -0.15) is 0 Å². The molecule has 0 radical (unpaired) electrons. The molecule has 0 heterocycles. The van der Waals surface area contributed by atoms with Crippen molar-refractivity contribution in [2.45, 2.75) is 59.3 Å². The summed E-state index contributed by atoms with van der Waals surface area (Å²) in [6.45, 7) is 10.4. The van der Waals surface area contributed by atoms with Gasteiger partial charge >= 0.3 is 0 Å². The highest BCUT2D eigenvalue weighted by atomic mass is 16.5. The lowest BCUT2D eigenvalue weighted by Gasteiger charge is -2.15. The quantitative estimate of drug-likeness (QED) is 0.649. The van der Waals surface area contributed by atoms with Gasteiger partial charge in [0.05, 0.1) is 12.4 Å². The lowest BCUT2D eigenvalue weighted by atomic mass is 9.90. The van der Waals surface area contributed by atoms with Crippen LogP contribution in [0.5, 0.6) is 0 Å². The first kappa shape index (κ1) is 22.3. The molecule has 3 heteroatoms. The molecule has 0 spiro atoms. The van der Waals surface area contributed by atoms with E-state index in [9.17, 15) is 0 Å². The van der Waals surface area contributed by atoms with Crippen molar-refractivity contribution in [1.82, 2.24) is 0 Å². The summed E-state index contributed by atoms with van der Waals surface area (Å²) in [5.41, 5.74) is 10.3. The molecule has 3 N–H and O–H groups in total. The maximum Gasteiger partial charge on any atom is 0.0891 e. The minimum absolute atomic E-state index is 0.362. The minimum Gasteiger partial charge on any atom is -0.513 e. The van der Waals surface area contributed by atoms with Crippen molar-refractivity contribution in [3.63, 3.8) is 0 Å². The molecule has 0 aromatic rings. The lowest BCUT2D eigenvalue weighted by molar-refractivity contribution is 0.222. The van der Waals surface area contributed by atoms with Gasteiger partial charge in [0.1, 0.15) is 0 Å². The molecule has 136 valence electrons. The fraction of sp³-hybridized carbons (Fsp3) is 0.524. The summed E-state index contributed by atoms with van der Waals surface area (Å²) >= 11 is 0. The van der Waals surface area contributed by atoms with Gasteiger partial charge in [-0.05, 0) is 68.7 Å². The Labute approximate surface area is 148 Å². The SMILES string of the molecule is C=C1CCCC/C1=C/C=C(\C)O.CC.COCC1=CC(N)=CCC1. The van der Waals surface area contributed by atoms with Crippen molar-refractivity contribution >= 4 is 0 Å². The van der Waals surface area contributed by atoms with E-state index in [4.69, 9.17) is 15.6 Å². The second kappa shape index (κ2) is 13.7. The van der Waals surface area contributed by atoms with E-state index in [1.165, 1.54) is 29.6 Å². The van der Waals surface area contributed by atoms with Gasteiger partial charge in [-0.1, -0.05) is 38.2 Å². The van der Waals surface area contributed by atoms with E-state index in [-0.39, 0.29) is 0 Å². The van der Waals surface area contributed by atoms with Gasteiger partial charge in [0.25, 0.3) is 0 Å². The minimum atomic E-state index is 0.362. The Morgan fingerprint density at radius 3 is 2.50 bits per heavy atom. The van der Waals surface area contributed by atoms with Crippen molar-refractivity contribution in [3.05, 3.63) is 59.1 Å². The van der Waals surface area contributed by atoms with Crippen molar-refractivity contribution < 1.29 is 9.84 Å². The number of hydrogen-bond donors (Lipinski definition) is 2. The second-order valence-electron chi connectivity index (χ2n) is 5.79. The number of aliphatic hydroxyl groups excluding tert-OH is 1. The van der Waals surface area contributed by atoms with Crippen LogP contribution in [0, 0.1) is 0 Å². The lowest BCUT2D eigenvalue weighted by Crippen LogP contribution is -2.03. The van der Waals surface area contributed by atoms with E-state index in [0.29, 0.717) is 12.4 Å². The molecule has 24 heavy (non-hydrogen) atoms. The predicted molar refractivity (Wildman–Crippen MR) is 105 cm³/mol. The molecule has 2 aliphatic carbocycles. The Hall–Kier alpha value is -1.74. The Morgan fingerprint density at radius 1 is 1.29 bits per heavy atom. The number of aliphatic hydroxyl groups is 1. The summed E-state index contributed by atoms with van der Waals surface area (Å²) in [5, 5.41) is 8.96. The monoisotopic (exact) mass is 333 g/mol. The summed E-state index contributed by atoms with van der Waals surface area (Å²) in [7, 11) is 1.70. The molecular weight excluding hydrogens is 298 g/mol. The first-order valence-electron chi connectivity index (χ1n) is 8.91. The van der Waals surface area contributed by atoms with Crippen LogP contribution < -0.4 is 5.73 Å². The molecule has 0 aromatic heterocycles. The number of ether oxygens (including phenoxy) is 1. The largest absolute Gasteiger partial charge is 0.513 e. The Bertz CT molecular complexity index is 492. The standard InChI is InChI=1S/C11H16O.C8H13NO.C2H6/c1-9-5-3-4-6-11(9)8-7-10(2)12;1-10-6-7-3-2-4-8(9)5-7;1-2/h7-8,12H,1,3-6H2,2H3;4-5H,2-3,6,9H2,1H3;1-2H3/b10-7+,11-8-;;. The summed E-state index contributed by atoms with van der Waals surface area (Å²) in [4.78, 5) is 0. The predicted octanol–water partition coefficient (Wildman–Crippen LogP) is 5.73. The molecular formula is C21H35NO2. The number of rotatable bonds is 3. The summed E-state index contributed by atoms with van der Waals surface area (Å²) in [5.74, 6) is 0.362. The van der Waals surface area contributed by atoms with Crippen LogP contribution >= 0.6 is 0 Å². The summed E-state index contributed by atoms with van der Waals surface area (Å²) in [6, 6.07) is 0. The first-order valence-corrected chi connectivity index (χ1v) is 8.91. The van der Waals surface area contributed by atoms with Crippen LogP contribution in [-0.2, 0) is 4.74 Å². The summed E-state index contributed by atoms with van der Waals surface area (Å²) < 4.78 is 4.98. The van der Waals surface area contributed by atoms with Crippen LogP contribution in [0.3, 0.4) is 0 Å². The normalized spacial score (nSPS) is 19.4. The zero-order valence-corrected chi connectivity index (χ0v) is 15.9. The van der Waals surface area contributed by atoms with Crippen LogP contribution in [0.25, 0.3) is 0 Å². The molecule has 0 saturated heterocycles. The maximum atomic E-state index is 8.96. The average molecular weight is 334 g/mol. The van der Waals surface area contributed by atoms with E-state index in [1.807, 2.05) is 32.1 Å². The van der Waals surface area contributed by atoms with Crippen molar-refractivity contribution in [1.29, 1.82) is 0 Å². The van der Waals surface area contributed by atoms with Crippen LogP contribution in [-0.4, -0.2) is 18.8 Å². The molecule has 0 aliphatic heterocycles. The van der Waals surface area contributed by atoms with Crippen LogP contribution in [0.2, 0.25) is 0 Å². The van der Waals surface area contributed by atoms with E-state index in [2.05, 4.69) is 6.58 Å². The Morgan fingerprint density at radius 2 is 1.96 bits per heavy atom. The highest BCUT2D eigenvalue weighted by molar-refractivity contribution is 5.33. The third-order valence-electron chi connectivity index (χ3n) is 3.70. The van der Waals surface area contributed by atoms with Gasteiger partial charge in [-0.15, -0.1) is 0 Å². The second-order valence-corrected chi connectivity index (χ2v) is 5.79. The third-order valence-corrected chi connectivity index (χ3v) is 3.70. The molecule has 0 aromatic carbocycles. The van der Waals surface area contributed by atoms with Gasteiger partial charge < -0.3 is 15.6 Å². The van der Waals surface area contributed by atoms with E-state index >= 15 is 0 Å². The number of allylic oxidation sites excluding steroid dienone is 7. The molecule has 2 aliphatic rings. The number of hydrogen-bond acceptors (Lipinski definition) is 3. The zero-order valence-electron chi connectivity index (χ0n) is 15.9. The fourth-order valence-electron chi connectivity index (χ4n) is 2.50. The van der Waals surface area contributed by atoms with Crippen molar-refractivity contribution in [2.24, 2.45) is 5.73 Å². The molecule has 0 amide bonds. The topological polar surface area (TPSA) is 55.5 Å². The van der Waals surface area contributed by atoms with E-state index in [1.54, 1.807) is 20.1 Å². The van der Waals surface area contributed by atoms with Crippen LogP contribution in [0.15, 0.2) is 59.1 Å². The molecule has 0 unspecified atom stereocenters. The average Bonchev–Trinajstić information content (AvgIpc) is 2.57.